The summed E-state index contributed by atoms with van der Waals surface area (Å²) in [4.78, 5) is 12.6. The molecule has 0 amide bonds. The zero-order chi connectivity index (χ0) is 20.7. The molecule has 154 valence electrons. The first-order valence-corrected chi connectivity index (χ1v) is 11.2. The summed E-state index contributed by atoms with van der Waals surface area (Å²) in [5.74, 6) is 0.341. The molecule has 0 fully saturated rings. The lowest BCUT2D eigenvalue weighted by molar-refractivity contribution is 0.259. The molecule has 28 heavy (non-hydrogen) atoms. The van der Waals surface area contributed by atoms with Gasteiger partial charge in [-0.05, 0) is 24.8 Å². The van der Waals surface area contributed by atoms with Crippen molar-refractivity contribution in [2.45, 2.75) is 43.6 Å². The second kappa shape index (κ2) is 10.0. The highest BCUT2D eigenvalue weighted by Gasteiger charge is 2.17. The zero-order valence-electron chi connectivity index (χ0n) is 16.0. The third-order valence-electron chi connectivity index (χ3n) is 3.71. The zero-order valence-corrected chi connectivity index (χ0v) is 17.7. The number of nitrogens with zero attached hydrogens (tertiary/aromatic N) is 3. The maximum Gasteiger partial charge on any atom is 0.298 e. The van der Waals surface area contributed by atoms with Gasteiger partial charge in [0.05, 0.1) is 12.6 Å². The van der Waals surface area contributed by atoms with E-state index in [0.717, 1.165) is 5.56 Å². The Kier molecular flexibility index (Phi) is 7.98. The summed E-state index contributed by atoms with van der Waals surface area (Å²) in [6, 6.07) is 9.53. The summed E-state index contributed by atoms with van der Waals surface area (Å²) in [5, 5.41) is 18.0. The number of rotatable bonds is 10. The van der Waals surface area contributed by atoms with Crippen molar-refractivity contribution in [2.24, 2.45) is 11.1 Å². The first-order valence-electron chi connectivity index (χ1n) is 8.82. The van der Waals surface area contributed by atoms with Gasteiger partial charge in [-0.25, -0.2) is 9.86 Å². The molecule has 1 aromatic carbocycles. The van der Waals surface area contributed by atoms with E-state index in [2.05, 4.69) is 25.0 Å². The Morgan fingerprint density at radius 1 is 1.11 bits per heavy atom. The van der Waals surface area contributed by atoms with Crippen LogP contribution in [0.3, 0.4) is 0 Å². The van der Waals surface area contributed by atoms with Crippen molar-refractivity contribution in [3.63, 3.8) is 0 Å². The van der Waals surface area contributed by atoms with E-state index < -0.39 is 10.2 Å². The lowest BCUT2D eigenvalue weighted by Gasteiger charge is -2.19. The number of benzene rings is 1. The number of aliphatic hydroxyl groups is 1. The normalized spacial score (nSPS) is 13.9. The van der Waals surface area contributed by atoms with Crippen LogP contribution in [0.25, 0.3) is 0 Å². The lowest BCUT2D eigenvalue weighted by atomic mass is 10.0. The molecule has 1 heterocycles. The molecule has 11 heteroatoms. The smallest absolute Gasteiger partial charge is 0.298 e. The van der Waals surface area contributed by atoms with E-state index in [1.54, 1.807) is 0 Å². The standard InChI is InChI=1S/C17H26N6O3S2/c1-11(2)9-14(10-24)19-15-20-16(23-28(18,25)26)22-17(21-15)27-12(3)13-7-5-4-6-8-13/h4-8,11-12,14,24H,9-10H2,1-3H3,(H2,18,25,26)(H2,19,20,21,22,23)/t12?,14-/m1/s1. The monoisotopic (exact) mass is 426 g/mol. The van der Waals surface area contributed by atoms with Crippen LogP contribution in [0.5, 0.6) is 0 Å². The molecule has 2 aromatic rings. The Morgan fingerprint density at radius 2 is 1.75 bits per heavy atom. The van der Waals surface area contributed by atoms with E-state index in [4.69, 9.17) is 5.14 Å². The highest BCUT2D eigenvalue weighted by atomic mass is 32.2. The lowest BCUT2D eigenvalue weighted by Crippen LogP contribution is -2.28. The van der Waals surface area contributed by atoms with Crippen molar-refractivity contribution in [2.75, 3.05) is 16.6 Å². The predicted octanol–water partition coefficient (Wildman–Crippen LogP) is 2.16. The minimum absolute atomic E-state index is 0.0306. The molecule has 1 aromatic heterocycles. The quantitative estimate of drug-likeness (QED) is 0.423. The molecule has 0 aliphatic carbocycles. The second-order valence-electron chi connectivity index (χ2n) is 6.74. The highest BCUT2D eigenvalue weighted by molar-refractivity contribution is 7.99. The van der Waals surface area contributed by atoms with Crippen LogP contribution in [0.4, 0.5) is 11.9 Å². The Bertz CT molecular complexity index is 864. The molecule has 2 rings (SSSR count). The largest absolute Gasteiger partial charge is 0.394 e. The third kappa shape index (κ3) is 7.58. The van der Waals surface area contributed by atoms with E-state index >= 15 is 0 Å². The summed E-state index contributed by atoms with van der Waals surface area (Å²) in [7, 11) is -4.03. The summed E-state index contributed by atoms with van der Waals surface area (Å²) in [6.07, 6.45) is 0.697. The molecule has 9 nitrogen and oxygen atoms in total. The summed E-state index contributed by atoms with van der Waals surface area (Å²) >= 11 is 1.36. The molecule has 0 saturated carbocycles. The topological polar surface area (TPSA) is 143 Å². The van der Waals surface area contributed by atoms with Crippen molar-refractivity contribution in [3.8, 4) is 0 Å². The van der Waals surface area contributed by atoms with Crippen LogP contribution < -0.4 is 15.2 Å². The van der Waals surface area contributed by atoms with E-state index in [-0.39, 0.29) is 29.8 Å². The molecular weight excluding hydrogens is 400 g/mol. The second-order valence-corrected chi connectivity index (χ2v) is 9.34. The van der Waals surface area contributed by atoms with Crippen LogP contribution in [0.1, 0.15) is 38.0 Å². The molecule has 5 N–H and O–H groups in total. The molecule has 0 saturated heterocycles. The number of hydrogen-bond donors (Lipinski definition) is 4. The highest BCUT2D eigenvalue weighted by Crippen LogP contribution is 2.33. The summed E-state index contributed by atoms with van der Waals surface area (Å²) in [5.41, 5.74) is 1.08. The predicted molar refractivity (Wildman–Crippen MR) is 111 cm³/mol. The number of nitrogens with one attached hydrogen (secondary N) is 2. The van der Waals surface area contributed by atoms with Crippen molar-refractivity contribution >= 4 is 33.9 Å². The van der Waals surface area contributed by atoms with Crippen LogP contribution >= 0.6 is 11.8 Å². The third-order valence-corrected chi connectivity index (χ3v) is 5.20. The van der Waals surface area contributed by atoms with Gasteiger partial charge in [0.15, 0.2) is 5.16 Å². The van der Waals surface area contributed by atoms with E-state index in [1.807, 2.05) is 51.1 Å². The fourth-order valence-electron chi connectivity index (χ4n) is 2.53. The molecule has 0 spiro atoms. The Labute approximate surface area is 169 Å². The number of anilines is 2. The maximum atomic E-state index is 11.4. The van der Waals surface area contributed by atoms with Gasteiger partial charge in [0.1, 0.15) is 0 Å². The van der Waals surface area contributed by atoms with Gasteiger partial charge in [0, 0.05) is 5.25 Å². The molecule has 2 atom stereocenters. The van der Waals surface area contributed by atoms with Gasteiger partial charge in [-0.2, -0.15) is 23.4 Å². The fraction of sp³-hybridized carbons (Fsp3) is 0.471. The van der Waals surface area contributed by atoms with E-state index in [0.29, 0.717) is 17.5 Å². The van der Waals surface area contributed by atoms with Gasteiger partial charge in [0.25, 0.3) is 10.2 Å². The molecule has 0 radical (unpaired) electrons. The number of thioether (sulfide) groups is 1. The molecular formula is C17H26N6O3S2. The van der Waals surface area contributed by atoms with Crippen LogP contribution in [-0.2, 0) is 10.2 Å². The molecule has 1 unspecified atom stereocenters. The SMILES string of the molecule is CC(C)C[C@H](CO)Nc1nc(NS(N)(=O)=O)nc(SC(C)c2ccccc2)n1. The number of aliphatic hydroxyl groups excluding tert-OH is 1. The minimum atomic E-state index is -4.03. The van der Waals surface area contributed by atoms with Gasteiger partial charge in [-0.3, -0.25) is 0 Å². The van der Waals surface area contributed by atoms with E-state index in [1.165, 1.54) is 11.8 Å². The number of hydrogen-bond acceptors (Lipinski definition) is 8. The van der Waals surface area contributed by atoms with Crippen LogP contribution in [0.15, 0.2) is 35.5 Å². The first-order chi connectivity index (χ1) is 13.2. The Hall–Kier alpha value is -1.95. The minimum Gasteiger partial charge on any atom is -0.394 e. The average molecular weight is 427 g/mol. The summed E-state index contributed by atoms with van der Waals surface area (Å²) < 4.78 is 24.9. The molecule has 0 aliphatic heterocycles. The van der Waals surface area contributed by atoms with Gasteiger partial charge >= 0.3 is 0 Å². The van der Waals surface area contributed by atoms with Gasteiger partial charge in [0.2, 0.25) is 11.9 Å². The fourth-order valence-corrected chi connectivity index (χ4v) is 3.76. The van der Waals surface area contributed by atoms with Crippen molar-refractivity contribution in [1.82, 2.24) is 15.0 Å². The molecule has 0 bridgehead atoms. The Morgan fingerprint density at radius 3 is 2.32 bits per heavy atom. The first kappa shape index (κ1) is 22.3. The number of aromatic nitrogens is 3. The van der Waals surface area contributed by atoms with Gasteiger partial charge < -0.3 is 10.4 Å². The van der Waals surface area contributed by atoms with Crippen LogP contribution in [0, 0.1) is 5.92 Å². The molecule has 0 aliphatic rings. The van der Waals surface area contributed by atoms with Crippen LogP contribution in [-0.4, -0.2) is 41.1 Å². The van der Waals surface area contributed by atoms with E-state index in [9.17, 15) is 13.5 Å². The number of nitrogens with two attached hydrogens (primary N) is 1. The van der Waals surface area contributed by atoms with Crippen molar-refractivity contribution < 1.29 is 13.5 Å². The van der Waals surface area contributed by atoms with Gasteiger partial charge in [-0.15, -0.1) is 0 Å². The summed E-state index contributed by atoms with van der Waals surface area (Å²) in [6.45, 7) is 5.97. The van der Waals surface area contributed by atoms with Crippen LogP contribution in [0.2, 0.25) is 0 Å². The van der Waals surface area contributed by atoms with Gasteiger partial charge in [-0.1, -0.05) is 55.9 Å². The maximum absolute atomic E-state index is 11.4. The van der Waals surface area contributed by atoms with Crippen molar-refractivity contribution in [3.05, 3.63) is 35.9 Å². The Balaban J connectivity index is 2.28. The van der Waals surface area contributed by atoms with Crippen molar-refractivity contribution in [1.29, 1.82) is 0 Å². The average Bonchev–Trinajstić information content (AvgIpc) is 2.59.